The number of nitrogens with zero attached hydrogens (tertiary/aromatic N) is 2. The molecule has 0 radical (unpaired) electrons. The molecule has 0 bridgehead atoms. The minimum absolute atomic E-state index is 0.238. The van der Waals surface area contributed by atoms with Crippen molar-refractivity contribution in [2.75, 3.05) is 9.80 Å². The Morgan fingerprint density at radius 2 is 0.933 bits per heavy atom. The number of fused-ring (bicyclic) bond motifs is 2. The lowest BCUT2D eigenvalue weighted by molar-refractivity contribution is -0.124. The van der Waals surface area contributed by atoms with Crippen LogP contribution in [0.2, 0.25) is 0 Å². The summed E-state index contributed by atoms with van der Waals surface area (Å²) in [6.07, 6.45) is 5.26. The van der Waals surface area contributed by atoms with Crippen molar-refractivity contribution in [2.24, 2.45) is 23.7 Å². The summed E-state index contributed by atoms with van der Waals surface area (Å²) in [5.74, 6) is -2.64. The first-order valence-corrected chi connectivity index (χ1v) is 10.7. The molecule has 1 aromatic rings. The number of imide groups is 2. The fourth-order valence-corrected chi connectivity index (χ4v) is 5.43. The van der Waals surface area contributed by atoms with Crippen LogP contribution in [0.25, 0.3) is 0 Å². The standard InChI is InChI=1S/C22H18Cl2N2O4/c23-11-1-7-15-17(9-11)21(29)25(19(15)27)13-3-5-14(6-4-13)26-20(28)16-8-2-12(24)10-18(16)22(26)30/h1-6,15-18H,7-10H2/t15-,16-,17-,18+/m1/s1. The Hall–Kier alpha value is -2.44. The predicted molar refractivity (Wildman–Crippen MR) is 112 cm³/mol. The number of halogens is 2. The summed E-state index contributed by atoms with van der Waals surface area (Å²) in [4.78, 5) is 53.6. The van der Waals surface area contributed by atoms with Crippen molar-refractivity contribution >= 4 is 58.2 Å². The summed E-state index contributed by atoms with van der Waals surface area (Å²) in [5, 5.41) is 1.22. The van der Waals surface area contributed by atoms with E-state index in [-0.39, 0.29) is 35.5 Å². The largest absolute Gasteiger partial charge is 0.274 e. The van der Waals surface area contributed by atoms with E-state index in [0.29, 0.717) is 47.1 Å². The van der Waals surface area contributed by atoms with E-state index in [9.17, 15) is 19.2 Å². The van der Waals surface area contributed by atoms with Crippen molar-refractivity contribution in [1.82, 2.24) is 0 Å². The van der Waals surface area contributed by atoms with Crippen LogP contribution in [0.3, 0.4) is 0 Å². The zero-order valence-corrected chi connectivity index (χ0v) is 17.4. The molecule has 4 aliphatic rings. The molecule has 154 valence electrons. The Balaban J connectivity index is 1.39. The van der Waals surface area contributed by atoms with Gasteiger partial charge in [0.15, 0.2) is 0 Å². The average molecular weight is 445 g/mol. The van der Waals surface area contributed by atoms with Gasteiger partial charge in [0.05, 0.1) is 35.0 Å². The number of anilines is 2. The lowest BCUT2D eigenvalue weighted by Crippen LogP contribution is -2.32. The van der Waals surface area contributed by atoms with Crippen LogP contribution < -0.4 is 9.80 Å². The number of benzene rings is 1. The molecule has 4 atom stereocenters. The Morgan fingerprint density at radius 3 is 1.30 bits per heavy atom. The molecule has 6 nitrogen and oxygen atoms in total. The van der Waals surface area contributed by atoms with Gasteiger partial charge in [0.25, 0.3) is 0 Å². The molecule has 0 saturated carbocycles. The topological polar surface area (TPSA) is 74.8 Å². The number of hydrogen-bond donors (Lipinski definition) is 0. The quantitative estimate of drug-likeness (QED) is 0.651. The number of rotatable bonds is 2. The highest BCUT2D eigenvalue weighted by Crippen LogP contribution is 2.43. The van der Waals surface area contributed by atoms with E-state index < -0.39 is 11.8 Å². The van der Waals surface area contributed by atoms with Gasteiger partial charge >= 0.3 is 0 Å². The maximum Gasteiger partial charge on any atom is 0.238 e. The Bertz CT molecular complexity index is 963. The zero-order valence-electron chi connectivity index (χ0n) is 15.9. The van der Waals surface area contributed by atoms with Crippen molar-refractivity contribution in [2.45, 2.75) is 25.7 Å². The van der Waals surface area contributed by atoms with E-state index >= 15 is 0 Å². The van der Waals surface area contributed by atoms with Crippen molar-refractivity contribution < 1.29 is 19.2 Å². The second kappa shape index (κ2) is 7.06. The van der Waals surface area contributed by atoms with E-state index in [1.54, 1.807) is 36.4 Å². The highest BCUT2D eigenvalue weighted by atomic mass is 35.5. The van der Waals surface area contributed by atoms with Gasteiger partial charge in [-0.25, -0.2) is 0 Å². The number of carbonyl (C=O) groups is 4. The van der Waals surface area contributed by atoms with Crippen molar-refractivity contribution in [3.8, 4) is 0 Å². The maximum absolute atomic E-state index is 12.8. The molecule has 2 saturated heterocycles. The summed E-state index contributed by atoms with van der Waals surface area (Å²) < 4.78 is 0. The third kappa shape index (κ3) is 2.85. The maximum atomic E-state index is 12.8. The highest BCUT2D eigenvalue weighted by Gasteiger charge is 2.50. The molecule has 0 spiro atoms. The third-order valence-electron chi connectivity index (χ3n) is 6.50. The van der Waals surface area contributed by atoms with E-state index in [0.717, 1.165) is 0 Å². The lowest BCUT2D eigenvalue weighted by Gasteiger charge is -2.18. The van der Waals surface area contributed by atoms with Gasteiger partial charge in [0, 0.05) is 10.1 Å². The summed E-state index contributed by atoms with van der Waals surface area (Å²) in [6, 6.07) is 6.41. The van der Waals surface area contributed by atoms with Gasteiger partial charge in [0.2, 0.25) is 23.6 Å². The normalized spacial score (nSPS) is 31.0. The molecule has 0 aromatic heterocycles. The molecule has 2 fully saturated rings. The second-order valence-corrected chi connectivity index (χ2v) is 9.12. The van der Waals surface area contributed by atoms with Crippen LogP contribution in [0.15, 0.2) is 46.5 Å². The van der Waals surface area contributed by atoms with Crippen LogP contribution in [0, 0.1) is 23.7 Å². The monoisotopic (exact) mass is 444 g/mol. The summed E-state index contributed by atoms with van der Waals surface area (Å²) in [6.45, 7) is 0. The molecular weight excluding hydrogens is 427 g/mol. The second-order valence-electron chi connectivity index (χ2n) is 8.15. The molecule has 2 aliphatic carbocycles. The first kappa shape index (κ1) is 19.5. The van der Waals surface area contributed by atoms with Crippen LogP contribution in [-0.2, 0) is 19.2 Å². The van der Waals surface area contributed by atoms with Crippen LogP contribution in [0.5, 0.6) is 0 Å². The first-order chi connectivity index (χ1) is 14.4. The van der Waals surface area contributed by atoms with E-state index in [4.69, 9.17) is 23.2 Å². The van der Waals surface area contributed by atoms with Crippen molar-refractivity contribution in [1.29, 1.82) is 0 Å². The summed E-state index contributed by atoms with van der Waals surface area (Å²) in [5.41, 5.74) is 0.862. The van der Waals surface area contributed by atoms with Crippen molar-refractivity contribution in [3.05, 3.63) is 46.5 Å². The number of hydrogen-bond acceptors (Lipinski definition) is 4. The van der Waals surface area contributed by atoms with E-state index in [1.807, 2.05) is 0 Å². The Kier molecular flexibility index (Phi) is 4.60. The fraction of sp³-hybridized carbons (Fsp3) is 0.364. The SMILES string of the molecule is O=C1[C@H]2CC(Cl)=CC[C@H]2C(=O)N1c1ccc(N2C(=O)[C@@H]3CC=C(Cl)C[C@H]3C2=O)cc1. The number of allylic oxidation sites excluding steroid dienone is 4. The molecule has 30 heavy (non-hydrogen) atoms. The zero-order chi connectivity index (χ0) is 21.2. The van der Waals surface area contributed by atoms with Crippen LogP contribution in [0.4, 0.5) is 11.4 Å². The van der Waals surface area contributed by atoms with Gasteiger partial charge in [-0.2, -0.15) is 0 Å². The summed E-state index contributed by atoms with van der Waals surface area (Å²) in [7, 11) is 0. The van der Waals surface area contributed by atoms with Gasteiger partial charge in [-0.15, -0.1) is 0 Å². The van der Waals surface area contributed by atoms with Gasteiger partial charge < -0.3 is 0 Å². The average Bonchev–Trinajstić information content (AvgIpc) is 3.12. The van der Waals surface area contributed by atoms with Crippen LogP contribution in [0.1, 0.15) is 25.7 Å². The number of amides is 4. The van der Waals surface area contributed by atoms with Crippen LogP contribution in [-0.4, -0.2) is 23.6 Å². The number of carbonyl (C=O) groups excluding carboxylic acids is 4. The first-order valence-electron chi connectivity index (χ1n) is 9.91. The van der Waals surface area contributed by atoms with E-state index in [1.165, 1.54) is 9.80 Å². The molecule has 8 heteroatoms. The smallest absolute Gasteiger partial charge is 0.238 e. The van der Waals surface area contributed by atoms with Gasteiger partial charge in [0.1, 0.15) is 0 Å². The molecule has 4 amide bonds. The molecule has 2 aliphatic heterocycles. The molecule has 5 rings (SSSR count). The summed E-state index contributed by atoms with van der Waals surface area (Å²) >= 11 is 12.1. The van der Waals surface area contributed by atoms with Crippen molar-refractivity contribution in [3.63, 3.8) is 0 Å². The highest BCUT2D eigenvalue weighted by molar-refractivity contribution is 6.31. The predicted octanol–water partition coefficient (Wildman–Crippen LogP) is 3.73. The lowest BCUT2D eigenvalue weighted by atomic mass is 9.85. The minimum Gasteiger partial charge on any atom is -0.274 e. The molecule has 0 unspecified atom stereocenters. The minimum atomic E-state index is -0.434. The van der Waals surface area contributed by atoms with Gasteiger partial charge in [-0.05, 0) is 49.9 Å². The Morgan fingerprint density at radius 1 is 0.600 bits per heavy atom. The van der Waals surface area contributed by atoms with Gasteiger partial charge in [-0.3, -0.25) is 29.0 Å². The molecule has 1 aromatic carbocycles. The molecule has 0 N–H and O–H groups in total. The van der Waals surface area contributed by atoms with Crippen LogP contribution >= 0.6 is 23.2 Å². The van der Waals surface area contributed by atoms with Gasteiger partial charge in [-0.1, -0.05) is 35.4 Å². The molecular formula is C22H18Cl2N2O4. The molecule has 2 heterocycles. The Labute approximate surface area is 183 Å². The fourth-order valence-electron chi connectivity index (χ4n) is 4.91. The third-order valence-corrected chi connectivity index (χ3v) is 7.12. The van der Waals surface area contributed by atoms with E-state index in [2.05, 4.69) is 0 Å².